The molecule has 2 heterocycles. The monoisotopic (exact) mass is 579 g/mol. The second-order valence-corrected chi connectivity index (χ2v) is 12.0. The van der Waals surface area contributed by atoms with Gasteiger partial charge in [0.25, 0.3) is 0 Å². The van der Waals surface area contributed by atoms with Crippen LogP contribution in [0.1, 0.15) is 64.0 Å². The van der Waals surface area contributed by atoms with Crippen LogP contribution in [0.3, 0.4) is 0 Å². The normalized spacial score (nSPS) is 22.1. The summed E-state index contributed by atoms with van der Waals surface area (Å²) in [5.74, 6) is -0.556. The summed E-state index contributed by atoms with van der Waals surface area (Å²) >= 11 is 0. The first-order valence-electron chi connectivity index (χ1n) is 14.5. The molecule has 4 bridgehead atoms. The smallest absolute Gasteiger partial charge is 0.408 e. The van der Waals surface area contributed by atoms with Gasteiger partial charge in [-0.25, -0.2) is 9.59 Å². The molecule has 1 saturated carbocycles. The minimum atomic E-state index is -1.02. The first-order valence-corrected chi connectivity index (χ1v) is 14.5. The molecule has 3 N–H and O–H groups in total. The van der Waals surface area contributed by atoms with Gasteiger partial charge in [-0.05, 0) is 74.9 Å². The molecule has 0 radical (unpaired) electrons. The molecule has 10 nitrogen and oxygen atoms in total. The third-order valence-electron chi connectivity index (χ3n) is 7.45. The molecule has 10 heteroatoms. The van der Waals surface area contributed by atoms with Crippen molar-refractivity contribution in [3.05, 3.63) is 59.7 Å². The molecule has 0 saturated heterocycles. The van der Waals surface area contributed by atoms with Crippen LogP contribution in [-0.2, 0) is 36.7 Å². The Morgan fingerprint density at radius 1 is 0.881 bits per heavy atom. The maximum Gasteiger partial charge on any atom is 0.408 e. The van der Waals surface area contributed by atoms with Gasteiger partial charge >= 0.3 is 12.1 Å². The van der Waals surface area contributed by atoms with Crippen LogP contribution in [0.2, 0.25) is 0 Å². The van der Waals surface area contributed by atoms with E-state index in [0.717, 1.165) is 43.2 Å². The van der Waals surface area contributed by atoms with E-state index in [-0.39, 0.29) is 18.8 Å². The van der Waals surface area contributed by atoms with Gasteiger partial charge in [0.2, 0.25) is 11.8 Å². The molecule has 3 atom stereocenters. The number of carbonyl (C=O) groups is 4. The molecule has 3 aliphatic rings. The lowest BCUT2D eigenvalue weighted by Gasteiger charge is -2.32. The van der Waals surface area contributed by atoms with Crippen LogP contribution in [0, 0.1) is 5.92 Å². The van der Waals surface area contributed by atoms with Crippen LogP contribution >= 0.6 is 0 Å². The van der Waals surface area contributed by atoms with E-state index in [1.165, 1.54) is 7.11 Å². The van der Waals surface area contributed by atoms with E-state index >= 15 is 0 Å². The average molecular weight is 580 g/mol. The van der Waals surface area contributed by atoms with Gasteiger partial charge in [-0.3, -0.25) is 9.59 Å². The summed E-state index contributed by atoms with van der Waals surface area (Å²) < 4.78 is 16.5. The molecule has 0 aromatic heterocycles. The van der Waals surface area contributed by atoms with Crippen molar-refractivity contribution >= 4 is 23.9 Å². The van der Waals surface area contributed by atoms with E-state index < -0.39 is 47.6 Å². The number of benzene rings is 2. The summed E-state index contributed by atoms with van der Waals surface area (Å²) in [6.45, 7) is 5.22. The van der Waals surface area contributed by atoms with E-state index in [1.54, 1.807) is 39.0 Å². The molecule has 1 fully saturated rings. The molecule has 42 heavy (non-hydrogen) atoms. The standard InChI is InChI=1S/C32H41N3O7/c1-32(2,3)42-31(39)34-25-18-20-13-15-23(16-14-20)41-24-12-8-9-21(17-24)19-26(30(38)40-4)33-29(37)27(35-28(25)36)22-10-6-5-7-11-22/h8-9,12-17,22,25-27H,5-7,10-11,18-19H2,1-4H3,(H,33,37)(H,34,39)(H,35,36). The molecule has 3 unspecified atom stereocenters. The SMILES string of the molecule is COC(=O)C1Cc2cccc(c2)Oc2ccc(cc2)CC(NC(=O)OC(C)(C)C)C(=O)NC(C2CCCCC2)C(=O)N1. The van der Waals surface area contributed by atoms with Crippen LogP contribution in [0.4, 0.5) is 4.79 Å². The van der Waals surface area contributed by atoms with Gasteiger partial charge in [-0.2, -0.15) is 0 Å². The van der Waals surface area contributed by atoms with Crippen LogP contribution < -0.4 is 20.7 Å². The van der Waals surface area contributed by atoms with Gasteiger partial charge in [0.05, 0.1) is 7.11 Å². The molecule has 2 aromatic rings. The number of carbonyl (C=O) groups excluding carboxylic acids is 4. The lowest BCUT2D eigenvalue weighted by atomic mass is 9.83. The molecule has 226 valence electrons. The van der Waals surface area contributed by atoms with E-state index in [1.807, 2.05) is 30.3 Å². The van der Waals surface area contributed by atoms with Crippen molar-refractivity contribution in [2.24, 2.45) is 5.92 Å². The lowest BCUT2D eigenvalue weighted by Crippen LogP contribution is -2.59. The summed E-state index contributed by atoms with van der Waals surface area (Å²) in [5, 5.41) is 8.46. The summed E-state index contributed by atoms with van der Waals surface area (Å²) in [5.41, 5.74) is 0.783. The van der Waals surface area contributed by atoms with E-state index in [9.17, 15) is 19.2 Å². The van der Waals surface area contributed by atoms with Crippen molar-refractivity contribution in [2.45, 2.75) is 89.4 Å². The Morgan fingerprint density at radius 2 is 1.60 bits per heavy atom. The predicted molar refractivity (Wildman–Crippen MR) is 156 cm³/mol. The zero-order valence-electron chi connectivity index (χ0n) is 24.7. The molecule has 5 rings (SSSR count). The van der Waals surface area contributed by atoms with Crippen molar-refractivity contribution < 1.29 is 33.4 Å². The van der Waals surface area contributed by atoms with E-state index in [2.05, 4.69) is 16.0 Å². The first-order chi connectivity index (χ1) is 20.0. The number of hydrogen-bond acceptors (Lipinski definition) is 7. The average Bonchev–Trinajstić information content (AvgIpc) is 2.95. The number of esters is 1. The minimum Gasteiger partial charge on any atom is -0.467 e. The third-order valence-corrected chi connectivity index (χ3v) is 7.45. The van der Waals surface area contributed by atoms with Crippen molar-refractivity contribution in [1.82, 2.24) is 16.0 Å². The fourth-order valence-corrected chi connectivity index (χ4v) is 5.41. The van der Waals surface area contributed by atoms with Crippen molar-refractivity contribution in [3.8, 4) is 11.5 Å². The van der Waals surface area contributed by atoms with Crippen molar-refractivity contribution in [1.29, 1.82) is 0 Å². The fraction of sp³-hybridized carbons (Fsp3) is 0.500. The number of hydrogen-bond donors (Lipinski definition) is 3. The van der Waals surface area contributed by atoms with Gasteiger partial charge in [-0.15, -0.1) is 0 Å². The Morgan fingerprint density at radius 3 is 2.26 bits per heavy atom. The van der Waals surface area contributed by atoms with Crippen LogP contribution in [-0.4, -0.2) is 54.7 Å². The highest BCUT2D eigenvalue weighted by molar-refractivity contribution is 5.93. The number of nitrogens with one attached hydrogen (secondary N) is 3. The highest BCUT2D eigenvalue weighted by Gasteiger charge is 2.36. The Bertz CT molecular complexity index is 1270. The molecule has 0 spiro atoms. The highest BCUT2D eigenvalue weighted by atomic mass is 16.6. The zero-order valence-corrected chi connectivity index (χ0v) is 24.7. The number of rotatable bonds is 3. The van der Waals surface area contributed by atoms with Gasteiger partial charge in [0, 0.05) is 12.8 Å². The Balaban J connectivity index is 1.71. The molecule has 3 amide bonds. The maximum atomic E-state index is 13.8. The number of fused-ring (bicyclic) bond motifs is 10. The Kier molecular flexibility index (Phi) is 10.1. The molecular weight excluding hydrogens is 538 g/mol. The summed E-state index contributed by atoms with van der Waals surface area (Å²) in [7, 11) is 1.27. The number of methoxy groups -OCH3 is 1. The zero-order chi connectivity index (χ0) is 30.3. The Hall–Kier alpha value is -4.08. The van der Waals surface area contributed by atoms with Crippen molar-refractivity contribution in [2.75, 3.05) is 7.11 Å². The Labute approximate surface area is 246 Å². The largest absolute Gasteiger partial charge is 0.467 e. The van der Waals surface area contributed by atoms with E-state index in [4.69, 9.17) is 14.2 Å². The number of amides is 3. The maximum absolute atomic E-state index is 13.8. The molecule has 2 aliphatic heterocycles. The fourth-order valence-electron chi connectivity index (χ4n) is 5.41. The first kappa shape index (κ1) is 30.9. The summed E-state index contributed by atoms with van der Waals surface area (Å²) in [6, 6.07) is 11.6. The third kappa shape index (κ3) is 8.71. The van der Waals surface area contributed by atoms with Crippen molar-refractivity contribution in [3.63, 3.8) is 0 Å². The second-order valence-electron chi connectivity index (χ2n) is 12.0. The van der Waals surface area contributed by atoms with Gasteiger partial charge in [0.1, 0.15) is 35.2 Å². The topological polar surface area (TPSA) is 132 Å². The lowest BCUT2D eigenvalue weighted by molar-refractivity contribution is -0.145. The summed E-state index contributed by atoms with van der Waals surface area (Å²) in [6.07, 6.45) is 4.02. The second kappa shape index (κ2) is 13.7. The molecule has 1 aliphatic carbocycles. The van der Waals surface area contributed by atoms with E-state index in [0.29, 0.717) is 11.5 Å². The van der Waals surface area contributed by atoms with Gasteiger partial charge < -0.3 is 30.2 Å². The molecular formula is C32H41N3O7. The van der Waals surface area contributed by atoms with Crippen LogP contribution in [0.5, 0.6) is 11.5 Å². The summed E-state index contributed by atoms with van der Waals surface area (Å²) in [4.78, 5) is 53.1. The number of alkyl carbamates (subject to hydrolysis) is 1. The number of ether oxygens (including phenoxy) is 3. The van der Waals surface area contributed by atoms with Gasteiger partial charge in [0.15, 0.2) is 0 Å². The van der Waals surface area contributed by atoms with Crippen LogP contribution in [0.15, 0.2) is 48.5 Å². The molecule has 2 aromatic carbocycles. The van der Waals surface area contributed by atoms with Crippen LogP contribution in [0.25, 0.3) is 0 Å². The quantitative estimate of drug-likeness (QED) is 0.465. The van der Waals surface area contributed by atoms with Gasteiger partial charge in [-0.1, -0.05) is 43.5 Å². The highest BCUT2D eigenvalue weighted by Crippen LogP contribution is 2.28. The predicted octanol–water partition coefficient (Wildman–Crippen LogP) is 4.19. The minimum absolute atomic E-state index is 0.124.